The van der Waals surface area contributed by atoms with Crippen molar-refractivity contribution in [3.05, 3.63) is 29.3 Å². The second-order valence-corrected chi connectivity index (χ2v) is 5.41. The summed E-state index contributed by atoms with van der Waals surface area (Å²) in [7, 11) is 0. The van der Waals surface area contributed by atoms with Gasteiger partial charge < -0.3 is 15.4 Å². The number of amides is 1. The Morgan fingerprint density at radius 3 is 2.78 bits per heavy atom. The molecule has 0 aromatic heterocycles. The van der Waals surface area contributed by atoms with Gasteiger partial charge in [0.05, 0.1) is 12.2 Å². The van der Waals surface area contributed by atoms with E-state index in [0.29, 0.717) is 30.9 Å². The maximum absolute atomic E-state index is 12.4. The average molecular weight is 248 g/mol. The molecule has 4 heteroatoms. The Morgan fingerprint density at radius 2 is 2.17 bits per heavy atom. The molecule has 1 aliphatic heterocycles. The molecule has 1 aromatic rings. The van der Waals surface area contributed by atoms with Crippen molar-refractivity contribution in [3.63, 3.8) is 0 Å². The van der Waals surface area contributed by atoms with Crippen LogP contribution in [0.15, 0.2) is 18.2 Å². The molecule has 1 fully saturated rings. The number of aryl methyl sites for hydroxylation is 1. The minimum Gasteiger partial charge on any atom is -0.399 e. The summed E-state index contributed by atoms with van der Waals surface area (Å²) in [5.74, 6) is 0.0504. The standard InChI is InChI=1S/C14H20N2O2/c1-10-8-11(4-5-12(10)15)13(17)16-6-7-18-14(2,3)9-16/h4-5,8H,6-7,9,15H2,1-3H3. The lowest BCUT2D eigenvalue weighted by molar-refractivity contribution is -0.0764. The zero-order chi connectivity index (χ0) is 13.3. The summed E-state index contributed by atoms with van der Waals surface area (Å²) in [6, 6.07) is 5.42. The molecule has 2 N–H and O–H groups in total. The molecule has 18 heavy (non-hydrogen) atoms. The van der Waals surface area contributed by atoms with Gasteiger partial charge in [-0.1, -0.05) is 0 Å². The molecular weight excluding hydrogens is 228 g/mol. The van der Waals surface area contributed by atoms with E-state index in [9.17, 15) is 4.79 Å². The van der Waals surface area contributed by atoms with E-state index in [-0.39, 0.29) is 11.5 Å². The fraction of sp³-hybridized carbons (Fsp3) is 0.500. The SMILES string of the molecule is Cc1cc(C(=O)N2CCOC(C)(C)C2)ccc1N. The third-order valence-electron chi connectivity index (χ3n) is 3.23. The zero-order valence-electron chi connectivity index (χ0n) is 11.2. The van der Waals surface area contributed by atoms with Crippen LogP contribution in [0.4, 0.5) is 5.69 Å². The Labute approximate surface area is 108 Å². The smallest absolute Gasteiger partial charge is 0.254 e. The summed E-state index contributed by atoms with van der Waals surface area (Å²) in [5, 5.41) is 0. The molecule has 0 bridgehead atoms. The number of carbonyl (C=O) groups is 1. The van der Waals surface area contributed by atoms with Crippen LogP contribution in [0.1, 0.15) is 29.8 Å². The van der Waals surface area contributed by atoms with Crippen LogP contribution in [0, 0.1) is 6.92 Å². The number of morpholine rings is 1. The van der Waals surface area contributed by atoms with Crippen molar-refractivity contribution in [2.24, 2.45) is 0 Å². The third-order valence-corrected chi connectivity index (χ3v) is 3.23. The van der Waals surface area contributed by atoms with Crippen molar-refractivity contribution in [2.75, 3.05) is 25.4 Å². The van der Waals surface area contributed by atoms with Crippen LogP contribution in [-0.4, -0.2) is 36.1 Å². The Morgan fingerprint density at radius 1 is 1.44 bits per heavy atom. The van der Waals surface area contributed by atoms with Crippen molar-refractivity contribution in [2.45, 2.75) is 26.4 Å². The van der Waals surface area contributed by atoms with Gasteiger partial charge in [0, 0.05) is 24.3 Å². The minimum absolute atomic E-state index is 0.0504. The number of nitrogens with two attached hydrogens (primary N) is 1. The number of rotatable bonds is 1. The van der Waals surface area contributed by atoms with E-state index in [1.807, 2.05) is 31.7 Å². The van der Waals surface area contributed by atoms with Crippen molar-refractivity contribution in [1.82, 2.24) is 4.90 Å². The van der Waals surface area contributed by atoms with E-state index in [0.717, 1.165) is 5.56 Å². The lowest BCUT2D eigenvalue weighted by Gasteiger charge is -2.38. The molecule has 0 radical (unpaired) electrons. The molecule has 2 rings (SSSR count). The van der Waals surface area contributed by atoms with Gasteiger partial charge in [0.15, 0.2) is 0 Å². The maximum atomic E-state index is 12.4. The van der Waals surface area contributed by atoms with E-state index >= 15 is 0 Å². The first-order valence-corrected chi connectivity index (χ1v) is 6.18. The van der Waals surface area contributed by atoms with Crippen LogP contribution in [0.25, 0.3) is 0 Å². The molecule has 0 unspecified atom stereocenters. The molecule has 0 atom stereocenters. The largest absolute Gasteiger partial charge is 0.399 e. The van der Waals surface area contributed by atoms with Gasteiger partial charge in [0.25, 0.3) is 5.91 Å². The topological polar surface area (TPSA) is 55.6 Å². The second kappa shape index (κ2) is 4.61. The highest BCUT2D eigenvalue weighted by Gasteiger charge is 2.30. The molecule has 4 nitrogen and oxygen atoms in total. The van der Waals surface area contributed by atoms with Crippen LogP contribution >= 0.6 is 0 Å². The predicted octanol–water partition coefficient (Wildman–Crippen LogP) is 1.83. The number of carbonyl (C=O) groups excluding carboxylic acids is 1. The van der Waals surface area contributed by atoms with E-state index < -0.39 is 0 Å². The lowest BCUT2D eigenvalue weighted by Crippen LogP contribution is -2.50. The number of nitrogens with zero attached hydrogens (tertiary/aromatic N) is 1. The van der Waals surface area contributed by atoms with Gasteiger partial charge in [-0.2, -0.15) is 0 Å². The van der Waals surface area contributed by atoms with Gasteiger partial charge in [-0.05, 0) is 44.5 Å². The number of anilines is 1. The Balaban J connectivity index is 2.18. The van der Waals surface area contributed by atoms with Gasteiger partial charge in [-0.3, -0.25) is 4.79 Å². The number of hydrogen-bond donors (Lipinski definition) is 1. The molecule has 0 aliphatic carbocycles. The normalized spacial score (nSPS) is 18.7. The van der Waals surface area contributed by atoms with Crippen LogP contribution in [0.3, 0.4) is 0 Å². The molecule has 0 saturated carbocycles. The predicted molar refractivity (Wildman–Crippen MR) is 71.5 cm³/mol. The molecule has 1 amide bonds. The Hall–Kier alpha value is -1.55. The van der Waals surface area contributed by atoms with Crippen LogP contribution in [0.5, 0.6) is 0 Å². The monoisotopic (exact) mass is 248 g/mol. The first-order valence-electron chi connectivity index (χ1n) is 6.18. The summed E-state index contributed by atoms with van der Waals surface area (Å²) in [5.41, 5.74) is 7.85. The van der Waals surface area contributed by atoms with Gasteiger partial charge >= 0.3 is 0 Å². The summed E-state index contributed by atoms with van der Waals surface area (Å²) in [4.78, 5) is 14.2. The maximum Gasteiger partial charge on any atom is 0.254 e. The van der Waals surface area contributed by atoms with Crippen molar-refractivity contribution < 1.29 is 9.53 Å². The van der Waals surface area contributed by atoms with Crippen LogP contribution < -0.4 is 5.73 Å². The number of hydrogen-bond acceptors (Lipinski definition) is 3. The molecule has 0 spiro atoms. The quantitative estimate of drug-likeness (QED) is 0.771. The first-order chi connectivity index (χ1) is 8.39. The molecular formula is C14H20N2O2. The average Bonchev–Trinajstić information content (AvgIpc) is 2.30. The van der Waals surface area contributed by atoms with Crippen LogP contribution in [-0.2, 0) is 4.74 Å². The fourth-order valence-corrected chi connectivity index (χ4v) is 2.18. The van der Waals surface area contributed by atoms with Crippen LogP contribution in [0.2, 0.25) is 0 Å². The van der Waals surface area contributed by atoms with Crippen molar-refractivity contribution in [3.8, 4) is 0 Å². The highest BCUT2D eigenvalue weighted by Crippen LogP contribution is 2.20. The van der Waals surface area contributed by atoms with E-state index in [4.69, 9.17) is 10.5 Å². The van der Waals surface area contributed by atoms with Gasteiger partial charge in [0.1, 0.15) is 0 Å². The molecule has 1 aromatic carbocycles. The van der Waals surface area contributed by atoms with E-state index in [1.54, 1.807) is 12.1 Å². The van der Waals surface area contributed by atoms with E-state index in [1.165, 1.54) is 0 Å². The number of ether oxygens (including phenoxy) is 1. The minimum atomic E-state index is -0.267. The van der Waals surface area contributed by atoms with Gasteiger partial charge in [-0.25, -0.2) is 0 Å². The molecule has 1 saturated heterocycles. The van der Waals surface area contributed by atoms with Crippen molar-refractivity contribution >= 4 is 11.6 Å². The molecule has 1 heterocycles. The fourth-order valence-electron chi connectivity index (χ4n) is 2.18. The Kier molecular flexibility index (Phi) is 3.30. The molecule has 98 valence electrons. The summed E-state index contributed by atoms with van der Waals surface area (Å²) in [6.45, 7) is 7.77. The number of benzene rings is 1. The highest BCUT2D eigenvalue weighted by molar-refractivity contribution is 5.95. The Bertz CT molecular complexity index is 469. The van der Waals surface area contributed by atoms with E-state index in [2.05, 4.69) is 0 Å². The first kappa shape index (κ1) is 12.9. The lowest BCUT2D eigenvalue weighted by atomic mass is 10.0. The van der Waals surface area contributed by atoms with Crippen molar-refractivity contribution in [1.29, 1.82) is 0 Å². The summed E-state index contributed by atoms with van der Waals surface area (Å²) >= 11 is 0. The second-order valence-electron chi connectivity index (χ2n) is 5.41. The van der Waals surface area contributed by atoms with Gasteiger partial charge in [0.2, 0.25) is 0 Å². The third kappa shape index (κ3) is 2.64. The summed E-state index contributed by atoms with van der Waals surface area (Å²) in [6.07, 6.45) is 0. The molecule has 1 aliphatic rings. The highest BCUT2D eigenvalue weighted by atomic mass is 16.5. The van der Waals surface area contributed by atoms with Gasteiger partial charge in [-0.15, -0.1) is 0 Å². The zero-order valence-corrected chi connectivity index (χ0v) is 11.2. The summed E-state index contributed by atoms with van der Waals surface area (Å²) < 4.78 is 5.61. The number of nitrogen functional groups attached to an aromatic ring is 1.